The van der Waals surface area contributed by atoms with Crippen LogP contribution in [-0.2, 0) is 4.79 Å². The third kappa shape index (κ3) is 4.34. The predicted octanol–water partition coefficient (Wildman–Crippen LogP) is 4.58. The molecule has 2 heterocycles. The van der Waals surface area contributed by atoms with Crippen molar-refractivity contribution in [3.05, 3.63) is 61.2 Å². The van der Waals surface area contributed by atoms with E-state index in [4.69, 9.17) is 4.74 Å². The van der Waals surface area contributed by atoms with Gasteiger partial charge in [-0.2, -0.15) is 0 Å². The fourth-order valence-corrected chi connectivity index (χ4v) is 3.35. The summed E-state index contributed by atoms with van der Waals surface area (Å²) in [6.45, 7) is 0. The Balaban J connectivity index is 1.39. The monoisotopic (exact) mass is 362 g/mol. The van der Waals surface area contributed by atoms with Crippen LogP contribution in [0, 0.1) is 5.92 Å². The average molecular weight is 362 g/mol. The van der Waals surface area contributed by atoms with Gasteiger partial charge in [0.05, 0.1) is 0 Å². The number of benzene rings is 1. The molecule has 1 amide bonds. The fourth-order valence-electron chi connectivity index (χ4n) is 3.35. The number of carbonyl (C=O) groups is 1. The minimum absolute atomic E-state index is 0.121. The van der Waals surface area contributed by atoms with Gasteiger partial charge >= 0.3 is 0 Å². The van der Waals surface area contributed by atoms with E-state index in [2.05, 4.69) is 15.3 Å². The van der Waals surface area contributed by atoms with Crippen molar-refractivity contribution in [3.63, 3.8) is 0 Å². The Morgan fingerprint density at radius 1 is 1.04 bits per heavy atom. The number of amides is 1. The topological polar surface area (TPSA) is 69.0 Å². The molecule has 27 heavy (non-hydrogen) atoms. The zero-order valence-corrected chi connectivity index (χ0v) is 15.0. The number of anilines is 1. The lowest BCUT2D eigenvalue weighted by atomic mass is 9.88. The molecule has 0 radical (unpaired) electrons. The lowest BCUT2D eigenvalue weighted by Crippen LogP contribution is -2.24. The quantitative estimate of drug-likeness (QED) is 0.721. The molecule has 138 valence electrons. The van der Waals surface area contributed by atoms with Gasteiger partial charge in [-0.15, -0.1) is 0 Å². The molecule has 1 saturated carbocycles. The molecule has 1 aromatic carbocycles. The van der Waals surface area contributed by atoms with Crippen molar-refractivity contribution in [2.75, 3.05) is 5.32 Å². The zero-order chi connectivity index (χ0) is 18.5. The summed E-state index contributed by atoms with van der Waals surface area (Å²) >= 11 is 0. The first-order valence-electron chi connectivity index (χ1n) is 9.32. The van der Waals surface area contributed by atoms with Gasteiger partial charge in [0.15, 0.2) is 0 Å². The van der Waals surface area contributed by atoms with Crippen LogP contribution in [-0.4, -0.2) is 20.4 Å². The van der Waals surface area contributed by atoms with Crippen LogP contribution < -0.4 is 10.1 Å². The summed E-state index contributed by atoms with van der Waals surface area (Å²) in [5.41, 5.74) is 0.786. The average Bonchev–Trinajstić information content (AvgIpc) is 3.25. The van der Waals surface area contributed by atoms with Crippen LogP contribution in [0.4, 0.5) is 5.69 Å². The minimum Gasteiger partial charge on any atom is -0.439 e. The van der Waals surface area contributed by atoms with Crippen LogP contribution in [0.15, 0.2) is 61.2 Å². The lowest BCUT2D eigenvalue weighted by Gasteiger charge is -2.20. The molecule has 6 nitrogen and oxygen atoms in total. The molecule has 1 fully saturated rings. The molecule has 1 aliphatic carbocycles. The Morgan fingerprint density at radius 3 is 2.52 bits per heavy atom. The largest absolute Gasteiger partial charge is 0.439 e. The first kappa shape index (κ1) is 17.3. The Hall–Kier alpha value is -3.15. The van der Waals surface area contributed by atoms with Crippen LogP contribution in [0.5, 0.6) is 11.6 Å². The van der Waals surface area contributed by atoms with Gasteiger partial charge in [0.25, 0.3) is 0 Å². The third-order valence-corrected chi connectivity index (χ3v) is 4.82. The van der Waals surface area contributed by atoms with Crippen molar-refractivity contribution in [3.8, 4) is 17.4 Å². The summed E-state index contributed by atoms with van der Waals surface area (Å²) in [5, 5.41) is 3.01. The molecule has 1 aliphatic rings. The van der Waals surface area contributed by atoms with Gasteiger partial charge in [0.1, 0.15) is 17.9 Å². The molecule has 0 aliphatic heterocycles. The summed E-state index contributed by atoms with van der Waals surface area (Å²) in [7, 11) is 0. The second kappa shape index (κ2) is 8.03. The van der Waals surface area contributed by atoms with E-state index >= 15 is 0 Å². The molecule has 0 atom stereocenters. The number of rotatable bonds is 5. The molecule has 0 spiro atoms. The maximum absolute atomic E-state index is 12.3. The van der Waals surface area contributed by atoms with Crippen molar-refractivity contribution in [1.82, 2.24) is 14.5 Å². The van der Waals surface area contributed by atoms with Gasteiger partial charge in [-0.05, 0) is 49.2 Å². The van der Waals surface area contributed by atoms with E-state index in [0.29, 0.717) is 11.6 Å². The van der Waals surface area contributed by atoms with Crippen LogP contribution in [0.2, 0.25) is 0 Å². The van der Waals surface area contributed by atoms with E-state index in [0.717, 1.165) is 37.2 Å². The van der Waals surface area contributed by atoms with Gasteiger partial charge in [-0.3, -0.25) is 4.79 Å². The van der Waals surface area contributed by atoms with Crippen LogP contribution in [0.3, 0.4) is 0 Å². The minimum atomic E-state index is 0.121. The number of carbonyl (C=O) groups excluding carboxylic acids is 1. The molecular formula is C21H22N4O2. The number of ether oxygens (including phenoxy) is 1. The Morgan fingerprint density at radius 2 is 1.78 bits per heavy atom. The van der Waals surface area contributed by atoms with Crippen LogP contribution >= 0.6 is 0 Å². The van der Waals surface area contributed by atoms with Crippen LogP contribution in [0.1, 0.15) is 32.1 Å². The molecule has 2 aromatic heterocycles. The molecule has 6 heteroatoms. The molecule has 0 unspecified atom stereocenters. The van der Waals surface area contributed by atoms with Crippen molar-refractivity contribution in [1.29, 1.82) is 0 Å². The Labute approximate surface area is 158 Å². The second-order valence-corrected chi connectivity index (χ2v) is 6.76. The van der Waals surface area contributed by atoms with Gasteiger partial charge < -0.3 is 14.6 Å². The van der Waals surface area contributed by atoms with Gasteiger partial charge in [-0.25, -0.2) is 9.97 Å². The Kier molecular flexibility index (Phi) is 5.14. The summed E-state index contributed by atoms with van der Waals surface area (Å²) in [5.74, 6) is 2.12. The first-order chi connectivity index (χ1) is 13.3. The maximum atomic E-state index is 12.3. The Bertz CT molecular complexity index is 885. The lowest BCUT2D eigenvalue weighted by molar-refractivity contribution is -0.120. The van der Waals surface area contributed by atoms with Gasteiger partial charge in [0.2, 0.25) is 11.8 Å². The highest BCUT2D eigenvalue weighted by Crippen LogP contribution is 2.26. The standard InChI is InChI=1S/C21H22N4O2/c26-21(16-6-2-1-3-7-16)24-17-8-10-18(11-9-17)27-20-14-19(22-15-23-20)25-12-4-5-13-25/h4-5,8-16H,1-3,6-7H2,(H,24,26). The normalized spacial score (nSPS) is 14.7. The molecule has 3 aromatic rings. The smallest absolute Gasteiger partial charge is 0.227 e. The van der Waals surface area contributed by atoms with E-state index in [1.807, 2.05) is 53.4 Å². The molecular weight excluding hydrogens is 340 g/mol. The third-order valence-electron chi connectivity index (χ3n) is 4.82. The number of hydrogen-bond acceptors (Lipinski definition) is 4. The van der Waals surface area contributed by atoms with Gasteiger partial charge in [-0.1, -0.05) is 19.3 Å². The maximum Gasteiger partial charge on any atom is 0.227 e. The van der Waals surface area contributed by atoms with E-state index in [1.54, 1.807) is 6.07 Å². The fraction of sp³-hybridized carbons (Fsp3) is 0.286. The molecule has 1 N–H and O–H groups in total. The number of hydrogen-bond donors (Lipinski definition) is 1. The molecule has 4 rings (SSSR count). The molecule has 0 bridgehead atoms. The summed E-state index contributed by atoms with van der Waals surface area (Å²) in [6.07, 6.45) is 10.8. The van der Waals surface area contributed by atoms with Gasteiger partial charge in [0, 0.05) is 30.1 Å². The highest BCUT2D eigenvalue weighted by molar-refractivity contribution is 5.92. The first-order valence-corrected chi connectivity index (χ1v) is 9.32. The zero-order valence-electron chi connectivity index (χ0n) is 15.0. The number of nitrogens with one attached hydrogen (secondary N) is 1. The van der Waals surface area contributed by atoms with Crippen molar-refractivity contribution < 1.29 is 9.53 Å². The van der Waals surface area contributed by atoms with E-state index in [-0.39, 0.29) is 11.8 Å². The van der Waals surface area contributed by atoms with Crippen molar-refractivity contribution in [2.24, 2.45) is 5.92 Å². The summed E-state index contributed by atoms with van der Waals surface area (Å²) in [6, 6.07) is 13.0. The van der Waals surface area contributed by atoms with Crippen LogP contribution in [0.25, 0.3) is 5.82 Å². The predicted molar refractivity (Wildman–Crippen MR) is 103 cm³/mol. The summed E-state index contributed by atoms with van der Waals surface area (Å²) in [4.78, 5) is 20.7. The SMILES string of the molecule is O=C(Nc1ccc(Oc2cc(-n3cccc3)ncn2)cc1)C1CCCCC1. The van der Waals surface area contributed by atoms with E-state index in [9.17, 15) is 4.79 Å². The van der Waals surface area contributed by atoms with Crippen molar-refractivity contribution >= 4 is 11.6 Å². The highest BCUT2D eigenvalue weighted by Gasteiger charge is 2.20. The molecule has 0 saturated heterocycles. The van der Waals surface area contributed by atoms with E-state index < -0.39 is 0 Å². The van der Waals surface area contributed by atoms with Crippen molar-refractivity contribution in [2.45, 2.75) is 32.1 Å². The highest BCUT2D eigenvalue weighted by atomic mass is 16.5. The number of aromatic nitrogens is 3. The second-order valence-electron chi connectivity index (χ2n) is 6.76. The summed E-state index contributed by atoms with van der Waals surface area (Å²) < 4.78 is 7.70. The van der Waals surface area contributed by atoms with E-state index in [1.165, 1.54) is 12.7 Å². The number of nitrogens with zero attached hydrogens (tertiary/aromatic N) is 3.